The minimum absolute atomic E-state index is 0.342. The fourth-order valence-electron chi connectivity index (χ4n) is 2.25. The van der Waals surface area contributed by atoms with E-state index in [4.69, 9.17) is 5.73 Å². The van der Waals surface area contributed by atoms with Crippen LogP contribution < -0.4 is 5.73 Å². The Morgan fingerprint density at radius 1 is 1.14 bits per heavy atom. The summed E-state index contributed by atoms with van der Waals surface area (Å²) in [4.78, 5) is 5.80. The first-order chi connectivity index (χ1) is 9.96. The Morgan fingerprint density at radius 2 is 1.81 bits per heavy atom. The molecule has 1 aromatic heterocycles. The summed E-state index contributed by atoms with van der Waals surface area (Å²) in [6, 6.07) is 3.98. The van der Waals surface area contributed by atoms with Crippen molar-refractivity contribution in [3.05, 3.63) is 21.9 Å². The molecule has 0 aliphatic carbocycles. The summed E-state index contributed by atoms with van der Waals surface area (Å²) in [5, 5.41) is 0. The highest BCUT2D eigenvalue weighted by molar-refractivity contribution is 7.12. The normalized spacial score (nSPS) is 17.5. The predicted octanol–water partition coefficient (Wildman–Crippen LogP) is 1.74. The monoisotopic (exact) mass is 317 g/mol. The Balaban J connectivity index is 1.79. The van der Waals surface area contributed by atoms with E-state index in [-0.39, 0.29) is 0 Å². The van der Waals surface area contributed by atoms with Gasteiger partial charge in [0.1, 0.15) is 0 Å². The van der Waals surface area contributed by atoms with Gasteiger partial charge < -0.3 is 5.73 Å². The number of thiophene rings is 1. The quantitative estimate of drug-likeness (QED) is 0.862. The smallest absolute Gasteiger partial charge is 0.320 e. The molecule has 0 radical (unpaired) electrons. The van der Waals surface area contributed by atoms with Crippen molar-refractivity contribution < 1.29 is 13.2 Å². The molecule has 2 rings (SSSR count). The van der Waals surface area contributed by atoms with E-state index in [1.807, 2.05) is 12.1 Å². The fraction of sp³-hybridized carbons (Fsp3) is 0.571. The number of halogens is 3. The minimum atomic E-state index is -4.10. The number of nitrogens with zero attached hydrogens (tertiary/aromatic N) is 2. The van der Waals surface area contributed by atoms with Crippen LogP contribution in [0.2, 0.25) is 0 Å². The standard InChI is InChI=1S/C14H18F3N3S/c15-14(16,17)11-20-8-6-19(7-9-20)10-13-4-3-12(21-13)2-1-5-18/h3-4H,5-11,18H2. The van der Waals surface area contributed by atoms with Crippen molar-refractivity contribution in [2.75, 3.05) is 39.3 Å². The lowest BCUT2D eigenvalue weighted by Gasteiger charge is -2.34. The zero-order chi connectivity index (χ0) is 15.3. The largest absolute Gasteiger partial charge is 0.401 e. The van der Waals surface area contributed by atoms with E-state index < -0.39 is 12.7 Å². The topological polar surface area (TPSA) is 32.5 Å². The van der Waals surface area contributed by atoms with Crippen molar-refractivity contribution in [2.24, 2.45) is 5.73 Å². The van der Waals surface area contributed by atoms with E-state index in [0.717, 1.165) is 11.4 Å². The van der Waals surface area contributed by atoms with E-state index in [1.54, 1.807) is 11.3 Å². The van der Waals surface area contributed by atoms with Crippen LogP contribution in [0.1, 0.15) is 9.75 Å². The van der Waals surface area contributed by atoms with E-state index >= 15 is 0 Å². The summed E-state index contributed by atoms with van der Waals surface area (Å²) in [6.07, 6.45) is -4.10. The van der Waals surface area contributed by atoms with Crippen LogP contribution in [0.15, 0.2) is 12.1 Å². The zero-order valence-electron chi connectivity index (χ0n) is 11.6. The number of alkyl halides is 3. The Bertz CT molecular complexity index is 508. The molecule has 21 heavy (non-hydrogen) atoms. The van der Waals surface area contributed by atoms with Crippen LogP contribution in [-0.4, -0.2) is 55.2 Å². The molecule has 0 bridgehead atoms. The van der Waals surface area contributed by atoms with Gasteiger partial charge in [0.2, 0.25) is 0 Å². The van der Waals surface area contributed by atoms with Crippen molar-refractivity contribution in [3.8, 4) is 11.8 Å². The van der Waals surface area contributed by atoms with Gasteiger partial charge in [-0.25, -0.2) is 0 Å². The first-order valence-electron chi connectivity index (χ1n) is 6.75. The lowest BCUT2D eigenvalue weighted by Crippen LogP contribution is -2.48. The van der Waals surface area contributed by atoms with E-state index in [2.05, 4.69) is 16.7 Å². The van der Waals surface area contributed by atoms with Gasteiger partial charge in [-0.05, 0) is 12.1 Å². The summed E-state index contributed by atoms with van der Waals surface area (Å²) < 4.78 is 36.9. The van der Waals surface area contributed by atoms with Crippen LogP contribution in [0, 0.1) is 11.8 Å². The Kier molecular flexibility index (Phi) is 5.65. The summed E-state index contributed by atoms with van der Waals surface area (Å²) in [5.41, 5.74) is 5.33. The molecule has 116 valence electrons. The summed E-state index contributed by atoms with van der Waals surface area (Å²) in [7, 11) is 0. The van der Waals surface area contributed by atoms with Crippen molar-refractivity contribution >= 4 is 11.3 Å². The van der Waals surface area contributed by atoms with Crippen LogP contribution in [0.5, 0.6) is 0 Å². The van der Waals surface area contributed by atoms with Crippen molar-refractivity contribution in [1.82, 2.24) is 9.80 Å². The lowest BCUT2D eigenvalue weighted by atomic mass is 10.3. The first kappa shape index (κ1) is 16.3. The number of hydrogen-bond donors (Lipinski definition) is 1. The molecule has 7 heteroatoms. The van der Waals surface area contributed by atoms with Crippen LogP contribution in [0.3, 0.4) is 0 Å². The highest BCUT2D eigenvalue weighted by atomic mass is 32.1. The van der Waals surface area contributed by atoms with Crippen LogP contribution in [-0.2, 0) is 6.54 Å². The second-order valence-corrected chi connectivity index (χ2v) is 6.11. The maximum Gasteiger partial charge on any atom is 0.401 e. The van der Waals surface area contributed by atoms with E-state index in [1.165, 1.54) is 9.78 Å². The second kappa shape index (κ2) is 7.27. The van der Waals surface area contributed by atoms with Gasteiger partial charge in [-0.1, -0.05) is 11.8 Å². The van der Waals surface area contributed by atoms with Crippen molar-refractivity contribution in [1.29, 1.82) is 0 Å². The first-order valence-corrected chi connectivity index (χ1v) is 7.57. The molecular formula is C14H18F3N3S. The van der Waals surface area contributed by atoms with Gasteiger partial charge in [0.05, 0.1) is 18.0 Å². The Labute approximate surface area is 126 Å². The molecule has 1 aromatic rings. The molecule has 1 saturated heterocycles. The highest BCUT2D eigenvalue weighted by Crippen LogP contribution is 2.20. The third-order valence-electron chi connectivity index (χ3n) is 3.22. The van der Waals surface area contributed by atoms with Crippen LogP contribution >= 0.6 is 11.3 Å². The molecule has 1 aliphatic heterocycles. The van der Waals surface area contributed by atoms with Crippen LogP contribution in [0.4, 0.5) is 13.2 Å². The van der Waals surface area contributed by atoms with Gasteiger partial charge in [-0.2, -0.15) is 13.2 Å². The summed E-state index contributed by atoms with van der Waals surface area (Å²) in [6.45, 7) is 2.56. The average molecular weight is 317 g/mol. The summed E-state index contributed by atoms with van der Waals surface area (Å²) in [5.74, 6) is 5.80. The minimum Gasteiger partial charge on any atom is -0.320 e. The number of piperazine rings is 1. The van der Waals surface area contributed by atoms with Gasteiger partial charge in [-0.15, -0.1) is 11.3 Å². The molecule has 0 saturated carbocycles. The maximum absolute atomic E-state index is 12.3. The van der Waals surface area contributed by atoms with Gasteiger partial charge >= 0.3 is 6.18 Å². The molecule has 3 nitrogen and oxygen atoms in total. The molecular weight excluding hydrogens is 299 g/mol. The zero-order valence-corrected chi connectivity index (χ0v) is 12.4. The van der Waals surface area contributed by atoms with Gasteiger partial charge in [0.25, 0.3) is 0 Å². The van der Waals surface area contributed by atoms with Gasteiger partial charge in [-0.3, -0.25) is 9.80 Å². The van der Waals surface area contributed by atoms with Gasteiger partial charge in [0.15, 0.2) is 0 Å². The third kappa shape index (κ3) is 5.67. The van der Waals surface area contributed by atoms with Crippen LogP contribution in [0.25, 0.3) is 0 Å². The maximum atomic E-state index is 12.3. The molecule has 1 aliphatic rings. The fourth-order valence-corrected chi connectivity index (χ4v) is 3.17. The molecule has 0 amide bonds. The number of hydrogen-bond acceptors (Lipinski definition) is 4. The van der Waals surface area contributed by atoms with E-state index in [0.29, 0.717) is 32.7 Å². The third-order valence-corrected chi connectivity index (χ3v) is 4.21. The molecule has 0 aromatic carbocycles. The van der Waals surface area contributed by atoms with Crippen molar-refractivity contribution in [2.45, 2.75) is 12.7 Å². The number of nitrogens with two attached hydrogens (primary N) is 1. The SMILES string of the molecule is NCC#Cc1ccc(CN2CCN(CC(F)(F)F)CC2)s1. The predicted molar refractivity (Wildman–Crippen MR) is 78.0 cm³/mol. The van der Waals surface area contributed by atoms with E-state index in [9.17, 15) is 13.2 Å². The molecule has 1 fully saturated rings. The van der Waals surface area contributed by atoms with Gasteiger partial charge in [0, 0.05) is 37.6 Å². The lowest BCUT2D eigenvalue weighted by molar-refractivity contribution is -0.149. The molecule has 0 unspecified atom stereocenters. The Morgan fingerprint density at radius 3 is 2.43 bits per heavy atom. The molecule has 2 heterocycles. The molecule has 0 spiro atoms. The molecule has 0 atom stereocenters. The number of rotatable bonds is 3. The average Bonchev–Trinajstić information content (AvgIpc) is 2.85. The van der Waals surface area contributed by atoms with Crippen molar-refractivity contribution in [3.63, 3.8) is 0 Å². The highest BCUT2D eigenvalue weighted by Gasteiger charge is 2.32. The Hall–Kier alpha value is -1.07. The second-order valence-electron chi connectivity index (χ2n) is 4.94. The molecule has 2 N–H and O–H groups in total. The summed E-state index contributed by atoms with van der Waals surface area (Å²) >= 11 is 1.61.